The number of carbonyl (C=O) groups excluding carboxylic acids is 2. The van der Waals surface area contributed by atoms with Gasteiger partial charge in [0.2, 0.25) is 0 Å². The standard InChI is InChI=1S/C25H36N6O3/c1-19(2)28-25(33)31(12-6-5-11-30-13-15-34-16-14-30)18-20-9-10-23(27-17-20)24(32)29-22-8-4-3-7-21(22)26/h3-4,7-10,17,19H,5-6,11-16,18,26H2,1-2H3,(H,28,33)(H,29,32). The lowest BCUT2D eigenvalue weighted by molar-refractivity contribution is 0.0369. The fraction of sp³-hybridized carbons (Fsp3) is 0.480. The van der Waals surface area contributed by atoms with Gasteiger partial charge in [-0.25, -0.2) is 4.79 Å². The predicted molar refractivity (Wildman–Crippen MR) is 134 cm³/mol. The Balaban J connectivity index is 1.55. The largest absolute Gasteiger partial charge is 0.397 e. The molecule has 2 aromatic rings. The molecule has 4 N–H and O–H groups in total. The molecular weight excluding hydrogens is 432 g/mol. The van der Waals surface area contributed by atoms with Crippen LogP contribution < -0.4 is 16.4 Å². The molecule has 3 amide bonds. The highest BCUT2D eigenvalue weighted by Gasteiger charge is 2.17. The summed E-state index contributed by atoms with van der Waals surface area (Å²) in [5, 5.41) is 5.75. The van der Waals surface area contributed by atoms with Crippen LogP contribution in [0.1, 0.15) is 42.7 Å². The van der Waals surface area contributed by atoms with Crippen molar-refractivity contribution in [2.75, 3.05) is 50.4 Å². The van der Waals surface area contributed by atoms with Crippen molar-refractivity contribution >= 4 is 23.3 Å². The maximum absolute atomic E-state index is 12.8. The number of carbonyl (C=O) groups is 2. The van der Waals surface area contributed by atoms with Gasteiger partial charge in [-0.2, -0.15) is 0 Å². The number of morpholine rings is 1. The van der Waals surface area contributed by atoms with Crippen molar-refractivity contribution in [1.82, 2.24) is 20.1 Å². The summed E-state index contributed by atoms with van der Waals surface area (Å²) in [6.07, 6.45) is 3.58. The number of benzene rings is 1. The Morgan fingerprint density at radius 3 is 2.59 bits per heavy atom. The van der Waals surface area contributed by atoms with Gasteiger partial charge in [0.05, 0.1) is 24.6 Å². The highest BCUT2D eigenvalue weighted by atomic mass is 16.5. The van der Waals surface area contributed by atoms with Crippen molar-refractivity contribution < 1.29 is 14.3 Å². The quantitative estimate of drug-likeness (QED) is 0.365. The highest BCUT2D eigenvalue weighted by Crippen LogP contribution is 2.17. The van der Waals surface area contributed by atoms with Gasteiger partial charge in [-0.1, -0.05) is 18.2 Å². The number of nitrogens with one attached hydrogen (secondary N) is 2. The van der Waals surface area contributed by atoms with Crippen LogP contribution in [0.3, 0.4) is 0 Å². The molecule has 3 rings (SSSR count). The number of anilines is 2. The number of nitrogens with zero attached hydrogens (tertiary/aromatic N) is 3. The molecular formula is C25H36N6O3. The SMILES string of the molecule is CC(C)NC(=O)N(CCCCN1CCOCC1)Cc1ccc(C(=O)Nc2ccccc2N)nc1. The molecule has 1 saturated heterocycles. The molecule has 0 atom stereocenters. The first kappa shape index (κ1) is 25.5. The lowest BCUT2D eigenvalue weighted by Crippen LogP contribution is -2.43. The number of nitrogen functional groups attached to an aromatic ring is 1. The van der Waals surface area contributed by atoms with E-state index in [0.29, 0.717) is 24.5 Å². The molecule has 184 valence electrons. The van der Waals surface area contributed by atoms with E-state index in [1.54, 1.807) is 35.4 Å². The predicted octanol–water partition coefficient (Wildman–Crippen LogP) is 2.95. The number of ether oxygens (including phenoxy) is 1. The van der Waals surface area contributed by atoms with Crippen molar-refractivity contribution in [3.63, 3.8) is 0 Å². The Labute approximate surface area is 201 Å². The third-order valence-corrected chi connectivity index (χ3v) is 5.60. The summed E-state index contributed by atoms with van der Waals surface area (Å²) in [5.41, 5.74) is 8.09. The van der Waals surface area contributed by atoms with E-state index in [-0.39, 0.29) is 23.7 Å². The molecule has 9 nitrogen and oxygen atoms in total. The molecule has 0 aliphatic carbocycles. The minimum absolute atomic E-state index is 0.0537. The summed E-state index contributed by atoms with van der Waals surface area (Å²) >= 11 is 0. The maximum Gasteiger partial charge on any atom is 0.317 e. The van der Waals surface area contributed by atoms with Crippen LogP contribution in [0.2, 0.25) is 0 Å². The van der Waals surface area contributed by atoms with E-state index in [4.69, 9.17) is 10.5 Å². The molecule has 1 aromatic carbocycles. The van der Waals surface area contributed by atoms with Gasteiger partial charge in [0.1, 0.15) is 5.69 Å². The molecule has 1 aliphatic heterocycles. The van der Waals surface area contributed by atoms with Gasteiger partial charge in [0, 0.05) is 38.4 Å². The molecule has 1 aliphatic rings. The average molecular weight is 469 g/mol. The number of rotatable bonds is 10. The summed E-state index contributed by atoms with van der Waals surface area (Å²) in [6.45, 7) is 9.52. The first-order valence-electron chi connectivity index (χ1n) is 11.9. The normalized spacial score (nSPS) is 14.1. The summed E-state index contributed by atoms with van der Waals surface area (Å²) in [5.74, 6) is -0.332. The molecule has 0 spiro atoms. The van der Waals surface area contributed by atoms with Crippen LogP contribution >= 0.6 is 0 Å². The Morgan fingerprint density at radius 1 is 1.15 bits per heavy atom. The molecule has 0 radical (unpaired) electrons. The number of unbranched alkanes of at least 4 members (excludes halogenated alkanes) is 1. The van der Waals surface area contributed by atoms with Gasteiger partial charge < -0.3 is 26.0 Å². The van der Waals surface area contributed by atoms with E-state index in [0.717, 1.165) is 51.3 Å². The fourth-order valence-corrected chi connectivity index (χ4v) is 3.72. The smallest absolute Gasteiger partial charge is 0.317 e. The van der Waals surface area contributed by atoms with E-state index in [1.165, 1.54) is 0 Å². The number of hydrogen-bond acceptors (Lipinski definition) is 6. The Kier molecular flexibility index (Phi) is 9.66. The summed E-state index contributed by atoms with van der Waals surface area (Å²) in [4.78, 5) is 33.8. The number of urea groups is 1. The molecule has 34 heavy (non-hydrogen) atoms. The Hall–Kier alpha value is -3.17. The summed E-state index contributed by atoms with van der Waals surface area (Å²) in [7, 11) is 0. The molecule has 0 unspecified atom stereocenters. The van der Waals surface area contributed by atoms with E-state index in [9.17, 15) is 9.59 Å². The summed E-state index contributed by atoms with van der Waals surface area (Å²) < 4.78 is 5.40. The van der Waals surface area contributed by atoms with Crippen LogP contribution in [0.5, 0.6) is 0 Å². The summed E-state index contributed by atoms with van der Waals surface area (Å²) in [6, 6.07) is 10.5. The zero-order valence-electron chi connectivity index (χ0n) is 20.1. The van der Waals surface area contributed by atoms with E-state index >= 15 is 0 Å². The second kappa shape index (κ2) is 12.9. The molecule has 1 aromatic heterocycles. The maximum atomic E-state index is 12.8. The first-order valence-corrected chi connectivity index (χ1v) is 11.9. The van der Waals surface area contributed by atoms with Crippen molar-refractivity contribution in [3.8, 4) is 0 Å². The van der Waals surface area contributed by atoms with Gasteiger partial charge in [-0.15, -0.1) is 0 Å². The van der Waals surface area contributed by atoms with Gasteiger partial charge in [-0.05, 0) is 57.0 Å². The van der Waals surface area contributed by atoms with Gasteiger partial charge in [0.15, 0.2) is 0 Å². The molecule has 0 bridgehead atoms. The van der Waals surface area contributed by atoms with Crippen molar-refractivity contribution in [2.24, 2.45) is 0 Å². The van der Waals surface area contributed by atoms with Crippen LogP contribution in [0.4, 0.5) is 16.2 Å². The van der Waals surface area contributed by atoms with Crippen molar-refractivity contribution in [3.05, 3.63) is 53.9 Å². The lowest BCUT2D eigenvalue weighted by atomic mass is 10.2. The van der Waals surface area contributed by atoms with Crippen LogP contribution in [0.25, 0.3) is 0 Å². The van der Waals surface area contributed by atoms with Gasteiger partial charge in [-0.3, -0.25) is 14.7 Å². The average Bonchev–Trinajstić information content (AvgIpc) is 2.83. The minimum Gasteiger partial charge on any atom is -0.397 e. The van der Waals surface area contributed by atoms with Crippen molar-refractivity contribution in [2.45, 2.75) is 39.3 Å². The number of amides is 3. The second-order valence-corrected chi connectivity index (χ2v) is 8.78. The first-order chi connectivity index (χ1) is 16.4. The van der Waals surface area contributed by atoms with Gasteiger partial charge in [0.25, 0.3) is 5.91 Å². The van der Waals surface area contributed by atoms with E-state index in [1.807, 2.05) is 26.0 Å². The minimum atomic E-state index is -0.332. The van der Waals surface area contributed by atoms with Crippen LogP contribution in [-0.4, -0.2) is 72.2 Å². The molecule has 9 heteroatoms. The third-order valence-electron chi connectivity index (χ3n) is 5.60. The number of pyridine rings is 1. The monoisotopic (exact) mass is 468 g/mol. The number of nitrogens with two attached hydrogens (primary N) is 1. The van der Waals surface area contributed by atoms with E-state index < -0.39 is 0 Å². The fourth-order valence-electron chi connectivity index (χ4n) is 3.72. The van der Waals surface area contributed by atoms with Crippen LogP contribution in [0, 0.1) is 0 Å². The zero-order valence-corrected chi connectivity index (χ0v) is 20.1. The van der Waals surface area contributed by atoms with Crippen LogP contribution in [-0.2, 0) is 11.3 Å². The van der Waals surface area contributed by atoms with Crippen LogP contribution in [0.15, 0.2) is 42.6 Å². The Morgan fingerprint density at radius 2 is 1.91 bits per heavy atom. The molecule has 0 saturated carbocycles. The number of hydrogen-bond donors (Lipinski definition) is 3. The highest BCUT2D eigenvalue weighted by molar-refractivity contribution is 6.04. The van der Waals surface area contributed by atoms with E-state index in [2.05, 4.69) is 20.5 Å². The molecule has 2 heterocycles. The Bertz CT molecular complexity index is 929. The number of aromatic nitrogens is 1. The number of para-hydroxylation sites is 2. The van der Waals surface area contributed by atoms with Gasteiger partial charge >= 0.3 is 6.03 Å². The lowest BCUT2D eigenvalue weighted by Gasteiger charge is -2.27. The van der Waals surface area contributed by atoms with Crippen molar-refractivity contribution in [1.29, 1.82) is 0 Å². The zero-order chi connectivity index (χ0) is 24.3. The molecule has 1 fully saturated rings. The third kappa shape index (κ3) is 8.00. The topological polar surface area (TPSA) is 113 Å². The second-order valence-electron chi connectivity index (χ2n) is 8.78.